The zero-order valence-electron chi connectivity index (χ0n) is 27.1. The van der Waals surface area contributed by atoms with Crippen LogP contribution in [0.1, 0.15) is 54.7 Å². The van der Waals surface area contributed by atoms with Crippen molar-refractivity contribution in [2.75, 3.05) is 0 Å². The van der Waals surface area contributed by atoms with Gasteiger partial charge in [-0.1, -0.05) is 38.2 Å². The van der Waals surface area contributed by atoms with Crippen molar-refractivity contribution >= 4 is 29.8 Å². The summed E-state index contributed by atoms with van der Waals surface area (Å²) < 4.78 is 27.0. The molecule has 0 unspecified atom stereocenters. The molecular formula is C38H32O10. The molecule has 0 atom stereocenters. The molecule has 3 aromatic rings. The minimum absolute atomic E-state index is 0.0460. The third-order valence-electron chi connectivity index (χ3n) is 6.13. The summed E-state index contributed by atoms with van der Waals surface area (Å²) in [6, 6.07) is 13.1. The minimum Gasteiger partial charge on any atom is -0.423 e. The lowest BCUT2D eigenvalue weighted by Crippen LogP contribution is -2.18. The van der Waals surface area contributed by atoms with Gasteiger partial charge in [-0.05, 0) is 83.1 Å². The number of benzene rings is 3. The van der Waals surface area contributed by atoms with E-state index in [0.29, 0.717) is 5.56 Å². The molecule has 3 aromatic carbocycles. The molecule has 0 amide bonds. The van der Waals surface area contributed by atoms with Crippen LogP contribution in [-0.2, 0) is 19.2 Å². The fourth-order valence-electron chi connectivity index (χ4n) is 3.56. The molecule has 0 saturated carbocycles. The highest BCUT2D eigenvalue weighted by Gasteiger charge is 2.27. The fraction of sp³-hybridized carbons (Fsp3) is 0.132. The smallest absolute Gasteiger partial charge is 0.347 e. The zero-order valence-corrected chi connectivity index (χ0v) is 27.1. The first-order valence-corrected chi connectivity index (χ1v) is 14.2. The molecule has 0 spiro atoms. The van der Waals surface area contributed by atoms with Crippen LogP contribution in [0.4, 0.5) is 0 Å². The maximum absolute atomic E-state index is 13.6. The van der Waals surface area contributed by atoms with Crippen LogP contribution in [0.3, 0.4) is 0 Å². The van der Waals surface area contributed by atoms with E-state index in [9.17, 15) is 24.0 Å². The first-order chi connectivity index (χ1) is 22.6. The average molecular weight is 649 g/mol. The van der Waals surface area contributed by atoms with Gasteiger partial charge in [0.1, 0.15) is 28.6 Å². The van der Waals surface area contributed by atoms with E-state index in [1.165, 1.54) is 77.1 Å². The quantitative estimate of drug-likeness (QED) is 0.103. The van der Waals surface area contributed by atoms with Crippen LogP contribution in [0.15, 0.2) is 103 Å². The molecule has 0 fully saturated rings. The molecule has 10 heteroatoms. The van der Waals surface area contributed by atoms with Crippen molar-refractivity contribution in [2.45, 2.75) is 34.6 Å². The maximum Gasteiger partial charge on any atom is 0.347 e. The van der Waals surface area contributed by atoms with Crippen molar-refractivity contribution in [3.05, 3.63) is 125 Å². The normalized spacial score (nSPS) is 9.94. The summed E-state index contributed by atoms with van der Waals surface area (Å²) in [5, 5.41) is 0. The highest BCUT2D eigenvalue weighted by atomic mass is 16.6. The van der Waals surface area contributed by atoms with Crippen molar-refractivity contribution < 1.29 is 47.7 Å². The van der Waals surface area contributed by atoms with Gasteiger partial charge in [0.25, 0.3) is 0 Å². The Kier molecular flexibility index (Phi) is 11.8. The molecule has 0 aliphatic rings. The Hall–Kier alpha value is -6.47. The number of esters is 5. The molecule has 0 heterocycles. The van der Waals surface area contributed by atoms with Gasteiger partial charge in [-0.25, -0.2) is 24.0 Å². The number of carbonyl (C=O) groups is 5. The standard InChI is InChI=1S/C38H32O10/c1-21(2)34(39)44-28-14-11-26(12-15-28)10-13-27-20-31(47-36(41)23(5)6)32(25(9)33(27)48-37(42)24(7)8)38(43)46-30-18-16-29(17-19-30)45-35(40)22(3)4/h11-12,14-20H,1,3,5,7H2,2,4,6,8-9H3. The van der Waals surface area contributed by atoms with Crippen molar-refractivity contribution in [1.29, 1.82) is 0 Å². The summed E-state index contributed by atoms with van der Waals surface area (Å²) in [5.74, 6) is 2.20. The van der Waals surface area contributed by atoms with E-state index in [1.807, 2.05) is 0 Å². The summed E-state index contributed by atoms with van der Waals surface area (Å²) in [5.41, 5.74) is 0.967. The Morgan fingerprint density at radius 2 is 0.938 bits per heavy atom. The molecule has 0 aromatic heterocycles. The van der Waals surface area contributed by atoms with Gasteiger partial charge < -0.3 is 23.7 Å². The van der Waals surface area contributed by atoms with Crippen LogP contribution < -0.4 is 23.7 Å². The molecule has 3 rings (SSSR count). The second kappa shape index (κ2) is 15.7. The predicted octanol–water partition coefficient (Wildman–Crippen LogP) is 6.54. The van der Waals surface area contributed by atoms with Gasteiger partial charge in [0, 0.05) is 39.5 Å². The van der Waals surface area contributed by atoms with Gasteiger partial charge >= 0.3 is 29.8 Å². The predicted molar refractivity (Wildman–Crippen MR) is 177 cm³/mol. The molecule has 0 saturated heterocycles. The van der Waals surface area contributed by atoms with Crippen molar-refractivity contribution in [1.82, 2.24) is 0 Å². The Morgan fingerprint density at radius 1 is 0.542 bits per heavy atom. The van der Waals surface area contributed by atoms with Crippen LogP contribution in [0.5, 0.6) is 28.7 Å². The Labute approximate surface area is 277 Å². The van der Waals surface area contributed by atoms with Gasteiger partial charge in [-0.2, -0.15) is 0 Å². The van der Waals surface area contributed by atoms with Gasteiger partial charge in [0.05, 0.1) is 5.56 Å². The third-order valence-corrected chi connectivity index (χ3v) is 6.13. The molecule has 10 nitrogen and oxygen atoms in total. The first kappa shape index (κ1) is 36.0. The monoisotopic (exact) mass is 648 g/mol. The number of hydrogen-bond acceptors (Lipinski definition) is 10. The lowest BCUT2D eigenvalue weighted by molar-refractivity contribution is -0.131. The van der Waals surface area contributed by atoms with Crippen molar-refractivity contribution in [3.8, 4) is 40.6 Å². The lowest BCUT2D eigenvalue weighted by atomic mass is 10.0. The SMILES string of the molecule is C=C(C)C(=O)Oc1ccc(C#Cc2cc(OC(=O)C(=C)C)c(C(=O)Oc3ccc(OC(=O)C(=C)C)cc3)c(C)c2OC(=O)C(=C)C)cc1. The van der Waals surface area contributed by atoms with E-state index in [2.05, 4.69) is 38.2 Å². The summed E-state index contributed by atoms with van der Waals surface area (Å²) >= 11 is 0. The Balaban J connectivity index is 2.10. The highest BCUT2D eigenvalue weighted by molar-refractivity contribution is 6.00. The second-order valence-electron chi connectivity index (χ2n) is 10.6. The van der Waals surface area contributed by atoms with Gasteiger partial charge in [0.15, 0.2) is 5.75 Å². The topological polar surface area (TPSA) is 132 Å². The lowest BCUT2D eigenvalue weighted by Gasteiger charge is -2.17. The third kappa shape index (κ3) is 9.52. The summed E-state index contributed by atoms with van der Waals surface area (Å²) in [4.78, 5) is 62.5. The van der Waals surface area contributed by atoms with E-state index in [4.69, 9.17) is 23.7 Å². The maximum atomic E-state index is 13.6. The van der Waals surface area contributed by atoms with E-state index < -0.39 is 29.8 Å². The molecule has 0 aliphatic heterocycles. The molecule has 0 bridgehead atoms. The van der Waals surface area contributed by atoms with Crippen molar-refractivity contribution in [2.24, 2.45) is 0 Å². The first-order valence-electron chi connectivity index (χ1n) is 14.2. The molecule has 244 valence electrons. The van der Waals surface area contributed by atoms with Crippen LogP contribution in [0.25, 0.3) is 0 Å². The van der Waals surface area contributed by atoms with E-state index in [1.54, 1.807) is 12.1 Å². The zero-order chi connectivity index (χ0) is 35.7. The van der Waals surface area contributed by atoms with Crippen molar-refractivity contribution in [3.63, 3.8) is 0 Å². The van der Waals surface area contributed by atoms with Crippen LogP contribution in [0.2, 0.25) is 0 Å². The highest BCUT2D eigenvalue weighted by Crippen LogP contribution is 2.36. The van der Waals surface area contributed by atoms with Gasteiger partial charge in [-0.15, -0.1) is 0 Å². The minimum atomic E-state index is -0.962. The molecule has 48 heavy (non-hydrogen) atoms. The van der Waals surface area contributed by atoms with Gasteiger partial charge in [0.2, 0.25) is 0 Å². The van der Waals surface area contributed by atoms with Crippen LogP contribution >= 0.6 is 0 Å². The fourth-order valence-corrected chi connectivity index (χ4v) is 3.56. The largest absolute Gasteiger partial charge is 0.423 e. The van der Waals surface area contributed by atoms with E-state index in [-0.39, 0.29) is 67.7 Å². The van der Waals surface area contributed by atoms with E-state index in [0.717, 1.165) is 0 Å². The Morgan fingerprint density at radius 3 is 1.40 bits per heavy atom. The number of rotatable bonds is 10. The van der Waals surface area contributed by atoms with Gasteiger partial charge in [-0.3, -0.25) is 0 Å². The van der Waals surface area contributed by atoms with E-state index >= 15 is 0 Å². The molecule has 0 aliphatic carbocycles. The number of carbonyl (C=O) groups excluding carboxylic acids is 5. The summed E-state index contributed by atoms with van der Waals surface area (Å²) in [6.45, 7) is 21.6. The van der Waals surface area contributed by atoms with Crippen LogP contribution in [-0.4, -0.2) is 29.8 Å². The average Bonchev–Trinajstić information content (AvgIpc) is 3.02. The number of hydrogen-bond donors (Lipinski definition) is 0. The molecule has 0 radical (unpaired) electrons. The molecule has 0 N–H and O–H groups in total. The van der Waals surface area contributed by atoms with Crippen LogP contribution in [0, 0.1) is 18.8 Å². The Bertz CT molecular complexity index is 1930. The molecular weight excluding hydrogens is 616 g/mol. The summed E-state index contributed by atoms with van der Waals surface area (Å²) in [6.07, 6.45) is 0. The summed E-state index contributed by atoms with van der Waals surface area (Å²) in [7, 11) is 0. The number of ether oxygens (including phenoxy) is 5. The second-order valence-corrected chi connectivity index (χ2v) is 10.6.